The molecule has 3 rings (SSSR count). The molecule has 0 spiro atoms. The largest absolute Gasteiger partial charge is 0.454 e. The Kier molecular flexibility index (Phi) is 5.21. The Labute approximate surface area is 148 Å². The maximum atomic E-state index is 12.4. The summed E-state index contributed by atoms with van der Waals surface area (Å²) in [6.45, 7) is 3.04. The van der Waals surface area contributed by atoms with Gasteiger partial charge in [0.15, 0.2) is 6.10 Å². The van der Waals surface area contributed by atoms with Crippen molar-refractivity contribution in [2.24, 2.45) is 17.8 Å². The van der Waals surface area contributed by atoms with Crippen LogP contribution in [0.25, 0.3) is 0 Å². The van der Waals surface area contributed by atoms with Crippen LogP contribution in [-0.2, 0) is 14.3 Å². The molecular weight excluding hydrogens is 318 g/mol. The summed E-state index contributed by atoms with van der Waals surface area (Å²) in [4.78, 5) is 35.6. The highest BCUT2D eigenvalue weighted by Gasteiger charge is 2.40. The zero-order valence-electron chi connectivity index (χ0n) is 14.8. The highest BCUT2D eigenvalue weighted by molar-refractivity contribution is 6.00. The van der Waals surface area contributed by atoms with Gasteiger partial charge in [0.25, 0.3) is 0 Å². The fourth-order valence-electron chi connectivity index (χ4n) is 4.30. The first-order valence-corrected chi connectivity index (χ1v) is 9.03. The smallest absolute Gasteiger partial charge is 0.306 e. The fraction of sp³-hybridized carbons (Fsp3) is 0.550. The van der Waals surface area contributed by atoms with Gasteiger partial charge in [-0.3, -0.25) is 14.4 Å². The van der Waals surface area contributed by atoms with Crippen molar-refractivity contribution >= 4 is 23.3 Å². The Hall–Kier alpha value is -2.17. The molecule has 0 radical (unpaired) electrons. The number of ether oxygens (including phenoxy) is 1. The molecule has 2 bridgehead atoms. The van der Waals surface area contributed by atoms with Crippen LogP contribution in [0.5, 0.6) is 0 Å². The lowest BCUT2D eigenvalue weighted by Crippen LogP contribution is -2.26. The second kappa shape index (κ2) is 7.38. The molecule has 134 valence electrons. The van der Waals surface area contributed by atoms with E-state index in [1.807, 2.05) is 0 Å². The molecule has 5 heteroatoms. The number of rotatable bonds is 6. The van der Waals surface area contributed by atoms with Gasteiger partial charge in [-0.2, -0.15) is 0 Å². The van der Waals surface area contributed by atoms with Crippen molar-refractivity contribution in [3.8, 4) is 0 Å². The summed E-state index contributed by atoms with van der Waals surface area (Å²) in [5.41, 5.74) is 1.10. The fourth-order valence-corrected chi connectivity index (χ4v) is 4.30. The third-order valence-electron chi connectivity index (χ3n) is 5.48. The molecule has 5 nitrogen and oxygen atoms in total. The van der Waals surface area contributed by atoms with Crippen molar-refractivity contribution in [1.29, 1.82) is 0 Å². The predicted octanol–water partition coefficient (Wildman–Crippen LogP) is 3.59. The van der Waals surface area contributed by atoms with E-state index in [4.69, 9.17) is 4.74 Å². The van der Waals surface area contributed by atoms with Gasteiger partial charge in [-0.1, -0.05) is 6.42 Å². The number of hydrogen-bond donors (Lipinski definition) is 1. The van der Waals surface area contributed by atoms with Crippen molar-refractivity contribution in [1.82, 2.24) is 0 Å². The van der Waals surface area contributed by atoms with Crippen LogP contribution in [0.1, 0.15) is 56.3 Å². The summed E-state index contributed by atoms with van der Waals surface area (Å²) in [5, 5.41) is 2.65. The van der Waals surface area contributed by atoms with Gasteiger partial charge >= 0.3 is 5.97 Å². The monoisotopic (exact) mass is 343 g/mol. The SMILES string of the molecule is CC(=O)Nc1ccc(C(=O)[C@H](C)OC(=O)C[C@H]2C[C@H]3CC[C@H]2C3)cc1. The number of benzene rings is 1. The molecule has 25 heavy (non-hydrogen) atoms. The molecule has 0 aliphatic heterocycles. The van der Waals surface area contributed by atoms with E-state index in [1.165, 1.54) is 26.2 Å². The van der Waals surface area contributed by atoms with Gasteiger partial charge in [-0.05, 0) is 68.2 Å². The number of carbonyl (C=O) groups excluding carboxylic acids is 3. The Balaban J connectivity index is 1.51. The molecule has 1 amide bonds. The molecule has 4 atom stereocenters. The Bertz CT molecular complexity index is 667. The summed E-state index contributed by atoms with van der Waals surface area (Å²) in [6.07, 6.45) is 4.56. The summed E-state index contributed by atoms with van der Waals surface area (Å²) < 4.78 is 5.37. The minimum atomic E-state index is -0.794. The Morgan fingerprint density at radius 3 is 2.44 bits per heavy atom. The zero-order valence-corrected chi connectivity index (χ0v) is 14.8. The van der Waals surface area contributed by atoms with Crippen LogP contribution < -0.4 is 5.32 Å². The molecule has 1 aromatic carbocycles. The van der Waals surface area contributed by atoms with Crippen LogP contribution in [0.3, 0.4) is 0 Å². The second-order valence-corrected chi connectivity index (χ2v) is 7.39. The van der Waals surface area contributed by atoms with Gasteiger partial charge in [0, 0.05) is 24.6 Å². The number of anilines is 1. The highest BCUT2D eigenvalue weighted by atomic mass is 16.5. The molecule has 2 fully saturated rings. The minimum Gasteiger partial charge on any atom is -0.454 e. The lowest BCUT2D eigenvalue weighted by atomic mass is 9.86. The zero-order chi connectivity index (χ0) is 18.0. The third kappa shape index (κ3) is 4.27. The van der Waals surface area contributed by atoms with E-state index in [0.717, 1.165) is 12.3 Å². The van der Waals surface area contributed by atoms with Crippen LogP contribution >= 0.6 is 0 Å². The van der Waals surface area contributed by atoms with Gasteiger partial charge < -0.3 is 10.1 Å². The number of ketones is 1. The quantitative estimate of drug-likeness (QED) is 0.633. The lowest BCUT2D eigenvalue weighted by Gasteiger charge is -2.21. The third-order valence-corrected chi connectivity index (χ3v) is 5.48. The van der Waals surface area contributed by atoms with Crippen molar-refractivity contribution in [3.63, 3.8) is 0 Å². The summed E-state index contributed by atoms with van der Waals surface area (Å²) in [6, 6.07) is 6.60. The number of fused-ring (bicyclic) bond motifs is 2. The molecule has 0 aromatic heterocycles. The number of nitrogens with one attached hydrogen (secondary N) is 1. The van der Waals surface area contributed by atoms with Crippen molar-refractivity contribution in [2.75, 3.05) is 5.32 Å². The molecular formula is C20H25NO4. The number of amides is 1. The van der Waals surface area contributed by atoms with Crippen LogP contribution in [0, 0.1) is 17.8 Å². The number of Topliss-reactive ketones (excluding diaryl/α,β-unsaturated/α-hetero) is 1. The lowest BCUT2D eigenvalue weighted by molar-refractivity contribution is -0.147. The average molecular weight is 343 g/mol. The van der Waals surface area contributed by atoms with Gasteiger partial charge in [-0.15, -0.1) is 0 Å². The van der Waals surface area contributed by atoms with Gasteiger partial charge in [0.1, 0.15) is 0 Å². The Morgan fingerprint density at radius 1 is 1.16 bits per heavy atom. The van der Waals surface area contributed by atoms with Gasteiger partial charge in [-0.25, -0.2) is 0 Å². The molecule has 1 aromatic rings. The number of hydrogen-bond acceptors (Lipinski definition) is 4. The van der Waals surface area contributed by atoms with E-state index in [2.05, 4.69) is 5.32 Å². The van der Waals surface area contributed by atoms with E-state index < -0.39 is 6.10 Å². The van der Waals surface area contributed by atoms with E-state index in [9.17, 15) is 14.4 Å². The number of carbonyl (C=O) groups is 3. The van der Waals surface area contributed by atoms with E-state index in [-0.39, 0.29) is 17.7 Å². The highest BCUT2D eigenvalue weighted by Crippen LogP contribution is 2.49. The summed E-state index contributed by atoms with van der Waals surface area (Å²) >= 11 is 0. The first-order valence-electron chi connectivity index (χ1n) is 9.03. The normalized spacial score (nSPS) is 25.4. The molecule has 1 N–H and O–H groups in total. The van der Waals surface area contributed by atoms with Crippen molar-refractivity contribution in [2.45, 2.75) is 52.1 Å². The van der Waals surface area contributed by atoms with E-state index in [0.29, 0.717) is 29.5 Å². The predicted molar refractivity (Wildman–Crippen MR) is 94.2 cm³/mol. The van der Waals surface area contributed by atoms with Gasteiger partial charge in [0.2, 0.25) is 11.7 Å². The topological polar surface area (TPSA) is 72.5 Å². The molecule has 0 heterocycles. The molecule has 2 saturated carbocycles. The molecule has 2 aliphatic rings. The standard InChI is InChI=1S/C20H25NO4/c1-12(20(24)15-5-7-18(8-6-15)21-13(2)22)25-19(23)11-17-10-14-3-4-16(17)9-14/h5-8,12,14,16-17H,3-4,9-11H2,1-2H3,(H,21,22)/t12-,14-,16-,17+/m0/s1. The Morgan fingerprint density at radius 2 is 1.88 bits per heavy atom. The van der Waals surface area contributed by atoms with Gasteiger partial charge in [0.05, 0.1) is 0 Å². The minimum absolute atomic E-state index is 0.165. The molecule has 2 aliphatic carbocycles. The maximum Gasteiger partial charge on any atom is 0.306 e. The maximum absolute atomic E-state index is 12.4. The van der Waals surface area contributed by atoms with E-state index in [1.54, 1.807) is 31.2 Å². The van der Waals surface area contributed by atoms with Crippen molar-refractivity contribution < 1.29 is 19.1 Å². The average Bonchev–Trinajstić information content (AvgIpc) is 3.17. The summed E-state index contributed by atoms with van der Waals surface area (Å²) in [7, 11) is 0. The van der Waals surface area contributed by atoms with Crippen LogP contribution in [0.15, 0.2) is 24.3 Å². The second-order valence-electron chi connectivity index (χ2n) is 7.39. The molecule has 0 unspecified atom stereocenters. The number of esters is 1. The van der Waals surface area contributed by atoms with Crippen LogP contribution in [-0.4, -0.2) is 23.8 Å². The van der Waals surface area contributed by atoms with Crippen molar-refractivity contribution in [3.05, 3.63) is 29.8 Å². The first-order chi connectivity index (χ1) is 11.9. The van der Waals surface area contributed by atoms with E-state index >= 15 is 0 Å². The molecule has 0 saturated heterocycles. The summed E-state index contributed by atoms with van der Waals surface area (Å²) in [5.74, 6) is 1.24. The van der Waals surface area contributed by atoms with Crippen LogP contribution in [0.4, 0.5) is 5.69 Å². The first kappa shape index (κ1) is 17.6. The van der Waals surface area contributed by atoms with Crippen LogP contribution in [0.2, 0.25) is 0 Å².